The fraction of sp³-hybridized carbons (Fsp3) is 0.474. The second-order valence-corrected chi connectivity index (χ2v) is 12.6. The molecule has 0 bridgehead atoms. The molecule has 0 fully saturated rings. The highest BCUT2D eigenvalue weighted by molar-refractivity contribution is 6.76. The number of hydrogen-bond acceptors (Lipinski definition) is 1. The maximum absolute atomic E-state index is 10.3. The SMILES string of the molecule is C=CCC(O)[C@@H](C)[C@@H](/C=C/C[Si](C)(C)C)c1ccccc1. The summed E-state index contributed by atoms with van der Waals surface area (Å²) < 4.78 is 0. The average molecular weight is 303 g/mol. The Kier molecular flexibility index (Phi) is 7.13. The lowest BCUT2D eigenvalue weighted by Crippen LogP contribution is -2.23. The van der Waals surface area contributed by atoms with Crippen molar-refractivity contribution in [1.82, 2.24) is 0 Å². The Labute approximate surface area is 131 Å². The van der Waals surface area contributed by atoms with Crippen molar-refractivity contribution in [2.75, 3.05) is 0 Å². The molecule has 1 unspecified atom stereocenters. The van der Waals surface area contributed by atoms with Crippen LogP contribution in [0.1, 0.15) is 24.8 Å². The highest BCUT2D eigenvalue weighted by atomic mass is 28.3. The predicted molar refractivity (Wildman–Crippen MR) is 96.5 cm³/mol. The zero-order valence-corrected chi connectivity index (χ0v) is 14.9. The lowest BCUT2D eigenvalue weighted by Gasteiger charge is -2.26. The minimum atomic E-state index is -1.07. The predicted octanol–water partition coefficient (Wildman–Crippen LogP) is 5.24. The number of aliphatic hydroxyl groups is 1. The molecule has 1 N–H and O–H groups in total. The van der Waals surface area contributed by atoms with E-state index in [1.165, 1.54) is 11.6 Å². The lowest BCUT2D eigenvalue weighted by atomic mass is 9.82. The van der Waals surface area contributed by atoms with Gasteiger partial charge in [0.05, 0.1) is 6.10 Å². The summed E-state index contributed by atoms with van der Waals surface area (Å²) in [5, 5.41) is 10.3. The van der Waals surface area contributed by atoms with Gasteiger partial charge in [0, 0.05) is 14.0 Å². The molecule has 0 amide bonds. The van der Waals surface area contributed by atoms with Crippen LogP contribution in [-0.2, 0) is 0 Å². The molecule has 0 aromatic heterocycles. The van der Waals surface area contributed by atoms with Crippen LogP contribution >= 0.6 is 0 Å². The van der Waals surface area contributed by atoms with Gasteiger partial charge in [-0.3, -0.25) is 0 Å². The van der Waals surface area contributed by atoms with E-state index in [9.17, 15) is 5.11 Å². The van der Waals surface area contributed by atoms with E-state index in [0.29, 0.717) is 6.42 Å². The van der Waals surface area contributed by atoms with Crippen LogP contribution in [0.25, 0.3) is 0 Å². The Balaban J connectivity index is 2.92. The molecule has 0 radical (unpaired) electrons. The minimum absolute atomic E-state index is 0.184. The zero-order valence-electron chi connectivity index (χ0n) is 13.9. The summed E-state index contributed by atoms with van der Waals surface area (Å²) in [5.74, 6) is 0.445. The highest BCUT2D eigenvalue weighted by Crippen LogP contribution is 2.30. The van der Waals surface area contributed by atoms with Crippen molar-refractivity contribution in [3.05, 3.63) is 60.7 Å². The molecule has 0 aliphatic carbocycles. The third-order valence-corrected chi connectivity index (χ3v) is 5.30. The van der Waals surface area contributed by atoms with Gasteiger partial charge in [0.2, 0.25) is 0 Å². The van der Waals surface area contributed by atoms with Crippen molar-refractivity contribution in [3.8, 4) is 0 Å². The molecule has 1 aromatic rings. The van der Waals surface area contributed by atoms with Crippen LogP contribution in [0.3, 0.4) is 0 Å². The van der Waals surface area contributed by atoms with E-state index in [1.807, 2.05) is 6.07 Å². The van der Waals surface area contributed by atoms with E-state index < -0.39 is 8.07 Å². The molecule has 0 heterocycles. The molecule has 0 spiro atoms. The number of allylic oxidation sites excluding steroid dienone is 2. The molecule has 2 heteroatoms. The summed E-state index contributed by atoms with van der Waals surface area (Å²) in [6.07, 6.45) is 6.72. The van der Waals surface area contributed by atoms with E-state index in [0.717, 1.165) is 0 Å². The van der Waals surface area contributed by atoms with Crippen LogP contribution < -0.4 is 0 Å². The van der Waals surface area contributed by atoms with Crippen LogP contribution in [0.2, 0.25) is 25.7 Å². The summed E-state index contributed by atoms with van der Waals surface area (Å²) in [6, 6.07) is 11.7. The average Bonchev–Trinajstić information content (AvgIpc) is 2.43. The van der Waals surface area contributed by atoms with Gasteiger partial charge in [0.15, 0.2) is 0 Å². The molecule has 1 rings (SSSR count). The molecule has 1 aromatic carbocycles. The summed E-state index contributed by atoms with van der Waals surface area (Å²) in [5.41, 5.74) is 1.28. The van der Waals surface area contributed by atoms with E-state index in [-0.39, 0.29) is 17.9 Å². The van der Waals surface area contributed by atoms with Crippen molar-refractivity contribution < 1.29 is 5.11 Å². The van der Waals surface area contributed by atoms with Crippen molar-refractivity contribution in [1.29, 1.82) is 0 Å². The van der Waals surface area contributed by atoms with E-state index in [2.05, 4.69) is 69.6 Å². The standard InChI is InChI=1S/C19H30OSi/c1-6-11-19(20)16(2)18(14-10-15-21(3,4)5)17-12-8-7-9-13-17/h6-10,12-14,16,18-20H,1,11,15H2,2-5H3/b14-10+/t16-,18+,19?/m0/s1. The summed E-state index contributed by atoms with van der Waals surface area (Å²) in [4.78, 5) is 0. The maximum Gasteiger partial charge on any atom is 0.0608 e. The molecule has 0 aliphatic rings. The number of benzene rings is 1. The fourth-order valence-electron chi connectivity index (χ4n) is 2.46. The maximum atomic E-state index is 10.3. The van der Waals surface area contributed by atoms with Crippen LogP contribution in [0, 0.1) is 5.92 Å². The molecular weight excluding hydrogens is 272 g/mol. The molecule has 116 valence electrons. The number of hydrogen-bond donors (Lipinski definition) is 1. The number of rotatable bonds is 8. The third kappa shape index (κ3) is 6.45. The topological polar surface area (TPSA) is 20.2 Å². The molecule has 21 heavy (non-hydrogen) atoms. The van der Waals surface area contributed by atoms with Gasteiger partial charge < -0.3 is 5.11 Å². The Morgan fingerprint density at radius 1 is 1.19 bits per heavy atom. The van der Waals surface area contributed by atoms with E-state index in [1.54, 1.807) is 6.08 Å². The largest absolute Gasteiger partial charge is 0.392 e. The van der Waals surface area contributed by atoms with E-state index >= 15 is 0 Å². The highest BCUT2D eigenvalue weighted by Gasteiger charge is 2.23. The van der Waals surface area contributed by atoms with Crippen molar-refractivity contribution in [2.24, 2.45) is 5.92 Å². The monoisotopic (exact) mass is 302 g/mol. The minimum Gasteiger partial charge on any atom is -0.392 e. The fourth-order valence-corrected chi connectivity index (χ4v) is 3.30. The summed E-state index contributed by atoms with van der Waals surface area (Å²) in [6.45, 7) is 13.0. The van der Waals surface area contributed by atoms with Crippen LogP contribution in [0.4, 0.5) is 0 Å². The summed E-state index contributed by atoms with van der Waals surface area (Å²) >= 11 is 0. The lowest BCUT2D eigenvalue weighted by molar-refractivity contribution is 0.112. The second-order valence-electron chi connectivity index (χ2n) is 7.08. The van der Waals surface area contributed by atoms with Gasteiger partial charge in [-0.25, -0.2) is 0 Å². The Morgan fingerprint density at radius 3 is 2.33 bits per heavy atom. The molecule has 3 atom stereocenters. The van der Waals surface area contributed by atoms with Gasteiger partial charge in [0.1, 0.15) is 0 Å². The normalized spacial score (nSPS) is 16.6. The van der Waals surface area contributed by atoms with Gasteiger partial charge in [0.25, 0.3) is 0 Å². The van der Waals surface area contributed by atoms with Gasteiger partial charge >= 0.3 is 0 Å². The quantitative estimate of drug-likeness (QED) is 0.514. The number of aliphatic hydroxyl groups excluding tert-OH is 1. The van der Waals surface area contributed by atoms with Crippen LogP contribution in [-0.4, -0.2) is 19.3 Å². The van der Waals surface area contributed by atoms with Gasteiger partial charge in [-0.05, 0) is 23.9 Å². The van der Waals surface area contributed by atoms with Crippen molar-refractivity contribution in [2.45, 2.75) is 51.1 Å². The molecule has 0 aliphatic heterocycles. The Bertz CT molecular complexity index is 444. The molecule has 1 nitrogen and oxygen atoms in total. The first kappa shape index (κ1) is 17.9. The van der Waals surface area contributed by atoms with Gasteiger partial charge in [-0.2, -0.15) is 0 Å². The van der Waals surface area contributed by atoms with Gasteiger partial charge in [-0.1, -0.05) is 75.1 Å². The smallest absolute Gasteiger partial charge is 0.0608 e. The Morgan fingerprint density at radius 2 is 1.81 bits per heavy atom. The van der Waals surface area contributed by atoms with Crippen molar-refractivity contribution in [3.63, 3.8) is 0 Å². The summed E-state index contributed by atoms with van der Waals surface area (Å²) in [7, 11) is -1.07. The van der Waals surface area contributed by atoms with E-state index in [4.69, 9.17) is 0 Å². The van der Waals surface area contributed by atoms with Crippen LogP contribution in [0.5, 0.6) is 0 Å². The second kappa shape index (κ2) is 8.35. The first-order valence-electron chi connectivity index (χ1n) is 7.85. The van der Waals surface area contributed by atoms with Gasteiger partial charge in [-0.15, -0.1) is 6.58 Å². The third-order valence-electron chi connectivity index (χ3n) is 3.84. The van der Waals surface area contributed by atoms with Crippen LogP contribution in [0.15, 0.2) is 55.1 Å². The first-order valence-corrected chi connectivity index (χ1v) is 11.6. The Hall–Kier alpha value is -1.12. The molecule has 0 saturated heterocycles. The molecular formula is C19H30OSi. The first-order chi connectivity index (χ1) is 9.85. The molecule has 0 saturated carbocycles. The van der Waals surface area contributed by atoms with Crippen molar-refractivity contribution >= 4 is 8.07 Å². The zero-order chi connectivity index (χ0) is 15.9.